The van der Waals surface area contributed by atoms with E-state index in [1.54, 1.807) is 0 Å². The van der Waals surface area contributed by atoms with E-state index in [0.29, 0.717) is 6.61 Å². The highest BCUT2D eigenvalue weighted by Gasteiger charge is 2.20. The SMILES string of the molecule is O=C(Nc1ccc(OCCc2ccccc2)cc1)C1CCCNC1. The molecule has 1 heterocycles. The highest BCUT2D eigenvalue weighted by molar-refractivity contribution is 5.92. The molecule has 1 aliphatic rings. The molecule has 2 aromatic rings. The molecule has 1 amide bonds. The largest absolute Gasteiger partial charge is 0.493 e. The maximum absolute atomic E-state index is 12.2. The van der Waals surface area contributed by atoms with Gasteiger partial charge in [0.1, 0.15) is 5.75 Å². The van der Waals surface area contributed by atoms with E-state index in [0.717, 1.165) is 43.8 Å². The van der Waals surface area contributed by atoms with Crippen LogP contribution in [-0.2, 0) is 11.2 Å². The summed E-state index contributed by atoms with van der Waals surface area (Å²) in [5.74, 6) is 0.990. The monoisotopic (exact) mass is 324 g/mol. The van der Waals surface area contributed by atoms with Crippen molar-refractivity contribution < 1.29 is 9.53 Å². The third-order valence-electron chi connectivity index (χ3n) is 4.29. The Hall–Kier alpha value is -2.33. The summed E-state index contributed by atoms with van der Waals surface area (Å²) >= 11 is 0. The van der Waals surface area contributed by atoms with Crippen molar-refractivity contribution in [2.24, 2.45) is 5.92 Å². The number of carbonyl (C=O) groups excluding carboxylic acids is 1. The minimum absolute atomic E-state index is 0.0700. The molecule has 4 heteroatoms. The van der Waals surface area contributed by atoms with Crippen LogP contribution in [0.1, 0.15) is 18.4 Å². The quantitative estimate of drug-likeness (QED) is 0.857. The topological polar surface area (TPSA) is 50.4 Å². The van der Waals surface area contributed by atoms with Gasteiger partial charge in [0.05, 0.1) is 12.5 Å². The van der Waals surface area contributed by atoms with Crippen molar-refractivity contribution >= 4 is 11.6 Å². The molecule has 0 aromatic heterocycles. The van der Waals surface area contributed by atoms with Gasteiger partial charge in [0.15, 0.2) is 0 Å². The first-order valence-corrected chi connectivity index (χ1v) is 8.59. The number of hydrogen-bond donors (Lipinski definition) is 2. The summed E-state index contributed by atoms with van der Waals surface area (Å²) in [6.07, 6.45) is 2.90. The van der Waals surface area contributed by atoms with E-state index in [2.05, 4.69) is 22.8 Å². The van der Waals surface area contributed by atoms with Gasteiger partial charge in [-0.2, -0.15) is 0 Å². The fraction of sp³-hybridized carbons (Fsp3) is 0.350. The number of nitrogens with one attached hydrogen (secondary N) is 2. The van der Waals surface area contributed by atoms with E-state index >= 15 is 0 Å². The van der Waals surface area contributed by atoms with Crippen LogP contribution in [0.25, 0.3) is 0 Å². The number of amides is 1. The maximum Gasteiger partial charge on any atom is 0.228 e. The van der Waals surface area contributed by atoms with Crippen LogP contribution in [0.2, 0.25) is 0 Å². The Balaban J connectivity index is 1.45. The molecule has 2 aromatic carbocycles. The molecule has 1 fully saturated rings. The summed E-state index contributed by atoms with van der Waals surface area (Å²) in [7, 11) is 0. The fourth-order valence-corrected chi connectivity index (χ4v) is 2.89. The zero-order chi connectivity index (χ0) is 16.6. The van der Waals surface area contributed by atoms with Crippen molar-refractivity contribution in [2.75, 3.05) is 25.0 Å². The van der Waals surface area contributed by atoms with Gasteiger partial charge in [-0.05, 0) is 49.2 Å². The molecule has 0 saturated carbocycles. The van der Waals surface area contributed by atoms with Gasteiger partial charge in [0, 0.05) is 18.7 Å². The van der Waals surface area contributed by atoms with Crippen molar-refractivity contribution in [3.63, 3.8) is 0 Å². The number of piperidine rings is 1. The summed E-state index contributed by atoms with van der Waals surface area (Å²) in [5, 5.41) is 6.25. The predicted octanol–water partition coefficient (Wildman–Crippen LogP) is 3.25. The molecular weight excluding hydrogens is 300 g/mol. The van der Waals surface area contributed by atoms with Crippen molar-refractivity contribution in [1.82, 2.24) is 5.32 Å². The lowest BCUT2D eigenvalue weighted by atomic mass is 9.99. The van der Waals surface area contributed by atoms with Crippen LogP contribution in [0.3, 0.4) is 0 Å². The van der Waals surface area contributed by atoms with Gasteiger partial charge in [-0.25, -0.2) is 0 Å². The van der Waals surface area contributed by atoms with E-state index in [1.807, 2.05) is 42.5 Å². The van der Waals surface area contributed by atoms with Crippen molar-refractivity contribution in [3.05, 3.63) is 60.2 Å². The first-order chi connectivity index (χ1) is 11.8. The third kappa shape index (κ3) is 4.83. The molecule has 3 rings (SSSR count). The summed E-state index contributed by atoms with van der Waals surface area (Å²) in [5.41, 5.74) is 2.09. The van der Waals surface area contributed by atoms with Gasteiger partial charge in [0.2, 0.25) is 5.91 Å². The van der Waals surface area contributed by atoms with Gasteiger partial charge in [0.25, 0.3) is 0 Å². The van der Waals surface area contributed by atoms with Gasteiger partial charge >= 0.3 is 0 Å². The minimum atomic E-state index is 0.0700. The Morgan fingerprint density at radius 2 is 1.92 bits per heavy atom. The Kier molecular flexibility index (Phi) is 5.85. The molecule has 0 aliphatic carbocycles. The van der Waals surface area contributed by atoms with Crippen LogP contribution >= 0.6 is 0 Å². The fourth-order valence-electron chi connectivity index (χ4n) is 2.89. The Morgan fingerprint density at radius 3 is 2.62 bits per heavy atom. The lowest BCUT2D eigenvalue weighted by molar-refractivity contribution is -0.120. The first-order valence-electron chi connectivity index (χ1n) is 8.59. The molecule has 4 nitrogen and oxygen atoms in total. The second-order valence-corrected chi connectivity index (χ2v) is 6.14. The maximum atomic E-state index is 12.2. The summed E-state index contributed by atoms with van der Waals surface area (Å²) in [6, 6.07) is 17.9. The standard InChI is InChI=1S/C20H24N2O2/c23-20(17-7-4-13-21-15-17)22-18-8-10-19(11-9-18)24-14-12-16-5-2-1-3-6-16/h1-3,5-6,8-11,17,21H,4,7,12-15H2,(H,22,23). The molecule has 1 unspecified atom stereocenters. The molecular formula is C20H24N2O2. The first kappa shape index (κ1) is 16.5. The van der Waals surface area contributed by atoms with Gasteiger partial charge in [-0.1, -0.05) is 30.3 Å². The van der Waals surface area contributed by atoms with Crippen molar-refractivity contribution in [1.29, 1.82) is 0 Å². The van der Waals surface area contributed by atoms with Crippen LogP contribution in [-0.4, -0.2) is 25.6 Å². The molecule has 0 radical (unpaired) electrons. The third-order valence-corrected chi connectivity index (χ3v) is 4.29. The normalized spacial score (nSPS) is 17.2. The van der Waals surface area contributed by atoms with Crippen molar-refractivity contribution in [3.8, 4) is 5.75 Å². The molecule has 1 aliphatic heterocycles. The molecule has 1 atom stereocenters. The number of benzene rings is 2. The summed E-state index contributed by atoms with van der Waals surface area (Å²) in [6.45, 7) is 2.43. The molecule has 24 heavy (non-hydrogen) atoms. The predicted molar refractivity (Wildman–Crippen MR) is 96.3 cm³/mol. The Labute approximate surface area is 143 Å². The summed E-state index contributed by atoms with van der Waals surface area (Å²) < 4.78 is 5.76. The lowest BCUT2D eigenvalue weighted by Crippen LogP contribution is -2.37. The number of carbonyl (C=O) groups is 1. The van der Waals surface area contributed by atoms with E-state index in [-0.39, 0.29) is 11.8 Å². The van der Waals surface area contributed by atoms with Gasteiger partial charge < -0.3 is 15.4 Å². The number of rotatable bonds is 6. The highest BCUT2D eigenvalue weighted by atomic mass is 16.5. The van der Waals surface area contributed by atoms with E-state index in [4.69, 9.17) is 4.74 Å². The van der Waals surface area contributed by atoms with Crippen LogP contribution < -0.4 is 15.4 Å². The van der Waals surface area contributed by atoms with Gasteiger partial charge in [-0.3, -0.25) is 4.79 Å². The average Bonchev–Trinajstić information content (AvgIpc) is 2.65. The van der Waals surface area contributed by atoms with E-state index in [9.17, 15) is 4.79 Å². The minimum Gasteiger partial charge on any atom is -0.493 e. The molecule has 0 spiro atoms. The van der Waals surface area contributed by atoms with Crippen LogP contribution in [0.5, 0.6) is 5.75 Å². The number of anilines is 1. The molecule has 0 bridgehead atoms. The van der Waals surface area contributed by atoms with E-state index in [1.165, 1.54) is 5.56 Å². The van der Waals surface area contributed by atoms with E-state index < -0.39 is 0 Å². The number of hydrogen-bond acceptors (Lipinski definition) is 3. The van der Waals surface area contributed by atoms with Crippen molar-refractivity contribution in [2.45, 2.75) is 19.3 Å². The molecule has 2 N–H and O–H groups in total. The van der Waals surface area contributed by atoms with Crippen LogP contribution in [0.15, 0.2) is 54.6 Å². The van der Waals surface area contributed by atoms with Crippen LogP contribution in [0, 0.1) is 5.92 Å². The molecule has 126 valence electrons. The second kappa shape index (κ2) is 8.50. The smallest absolute Gasteiger partial charge is 0.228 e. The average molecular weight is 324 g/mol. The lowest BCUT2D eigenvalue weighted by Gasteiger charge is -2.21. The Morgan fingerprint density at radius 1 is 1.12 bits per heavy atom. The van der Waals surface area contributed by atoms with Crippen LogP contribution in [0.4, 0.5) is 5.69 Å². The Bertz CT molecular complexity index is 634. The van der Waals surface area contributed by atoms with Gasteiger partial charge in [-0.15, -0.1) is 0 Å². The molecule has 1 saturated heterocycles. The zero-order valence-electron chi connectivity index (χ0n) is 13.8. The number of ether oxygens (including phenoxy) is 1. The second-order valence-electron chi connectivity index (χ2n) is 6.14. The highest BCUT2D eigenvalue weighted by Crippen LogP contribution is 2.18. The zero-order valence-corrected chi connectivity index (χ0v) is 13.8. The summed E-state index contributed by atoms with van der Waals surface area (Å²) in [4.78, 5) is 12.2.